The van der Waals surface area contributed by atoms with Crippen molar-refractivity contribution in [3.8, 4) is 0 Å². The van der Waals surface area contributed by atoms with E-state index in [1.807, 2.05) is 54.6 Å². The lowest BCUT2D eigenvalue weighted by Crippen LogP contribution is -2.35. The third-order valence-corrected chi connectivity index (χ3v) is 6.04. The second-order valence-electron chi connectivity index (χ2n) is 8.28. The predicted molar refractivity (Wildman–Crippen MR) is 123 cm³/mol. The van der Waals surface area contributed by atoms with Crippen molar-refractivity contribution < 1.29 is 9.90 Å². The Balaban J connectivity index is 1.31. The molecule has 1 aliphatic rings. The van der Waals surface area contributed by atoms with Crippen LogP contribution in [-0.2, 0) is 11.2 Å². The molecule has 7 nitrogen and oxygen atoms in total. The van der Waals surface area contributed by atoms with Gasteiger partial charge < -0.3 is 15.7 Å². The molecule has 2 heterocycles. The highest BCUT2D eigenvalue weighted by atomic mass is 16.3. The van der Waals surface area contributed by atoms with Crippen LogP contribution < -0.4 is 16.3 Å². The molecular formula is C25H28N4O3. The first-order valence-electron chi connectivity index (χ1n) is 10.9. The minimum Gasteiger partial charge on any atom is -0.387 e. The number of carbonyl (C=O) groups excluding carboxylic acids is 1. The van der Waals surface area contributed by atoms with Crippen LogP contribution in [0.3, 0.4) is 0 Å². The van der Waals surface area contributed by atoms with E-state index >= 15 is 0 Å². The molecule has 0 spiro atoms. The van der Waals surface area contributed by atoms with Gasteiger partial charge in [-0.15, -0.1) is 0 Å². The number of amides is 1. The number of nitrogens with zero attached hydrogens (tertiary/aromatic N) is 2. The van der Waals surface area contributed by atoms with E-state index in [-0.39, 0.29) is 11.9 Å². The van der Waals surface area contributed by atoms with Crippen LogP contribution in [-0.4, -0.2) is 32.6 Å². The molecule has 3 aromatic rings. The summed E-state index contributed by atoms with van der Waals surface area (Å²) in [6.07, 6.45) is 5.25. The lowest BCUT2D eigenvalue weighted by molar-refractivity contribution is -0.118. The molecule has 1 saturated heterocycles. The largest absolute Gasteiger partial charge is 0.387 e. The average Bonchev–Trinajstić information content (AvgIpc) is 3.28. The van der Waals surface area contributed by atoms with Crippen LogP contribution in [0, 0.1) is 0 Å². The Kier molecular flexibility index (Phi) is 6.78. The van der Waals surface area contributed by atoms with Crippen molar-refractivity contribution in [2.45, 2.75) is 50.4 Å². The zero-order chi connectivity index (χ0) is 22.5. The van der Waals surface area contributed by atoms with E-state index < -0.39 is 17.8 Å². The monoisotopic (exact) mass is 432 g/mol. The molecule has 1 amide bonds. The van der Waals surface area contributed by atoms with Gasteiger partial charge >= 0.3 is 5.69 Å². The van der Waals surface area contributed by atoms with Crippen molar-refractivity contribution in [1.29, 1.82) is 0 Å². The number of nitrogens with one attached hydrogen (secondary N) is 2. The molecule has 7 heteroatoms. The maximum absolute atomic E-state index is 12.5. The summed E-state index contributed by atoms with van der Waals surface area (Å²) < 4.78 is 1.30. The zero-order valence-electron chi connectivity index (χ0n) is 18.0. The van der Waals surface area contributed by atoms with E-state index in [4.69, 9.17) is 0 Å². The maximum Gasteiger partial charge on any atom is 0.348 e. The first-order valence-corrected chi connectivity index (χ1v) is 10.9. The summed E-state index contributed by atoms with van der Waals surface area (Å²) in [6, 6.07) is 18.8. The van der Waals surface area contributed by atoms with E-state index in [0.29, 0.717) is 11.7 Å². The fourth-order valence-corrected chi connectivity index (χ4v) is 4.19. The van der Waals surface area contributed by atoms with Crippen LogP contribution in [0.1, 0.15) is 43.0 Å². The minimum absolute atomic E-state index is 0.0540. The molecule has 0 bridgehead atoms. The number of aliphatic hydroxyl groups excluding tert-OH is 1. The van der Waals surface area contributed by atoms with Gasteiger partial charge in [0.25, 0.3) is 0 Å². The molecule has 3 N–H and O–H groups in total. The zero-order valence-corrected chi connectivity index (χ0v) is 18.0. The number of hydrogen-bond acceptors (Lipinski definition) is 5. The Morgan fingerprint density at radius 2 is 1.91 bits per heavy atom. The minimum atomic E-state index is -0.661. The molecule has 1 fully saturated rings. The van der Waals surface area contributed by atoms with Crippen molar-refractivity contribution in [2.75, 3.05) is 5.32 Å². The fraction of sp³-hybridized carbons (Fsp3) is 0.320. The van der Waals surface area contributed by atoms with Gasteiger partial charge in [-0.25, -0.2) is 9.78 Å². The first-order chi connectivity index (χ1) is 15.5. The van der Waals surface area contributed by atoms with Crippen LogP contribution >= 0.6 is 0 Å². The van der Waals surface area contributed by atoms with Crippen molar-refractivity contribution in [1.82, 2.24) is 14.9 Å². The Hall–Kier alpha value is -3.29. The molecule has 0 radical (unpaired) electrons. The third kappa shape index (κ3) is 5.12. The van der Waals surface area contributed by atoms with E-state index in [2.05, 4.69) is 15.6 Å². The van der Waals surface area contributed by atoms with E-state index in [9.17, 15) is 14.7 Å². The molecule has 0 aliphatic carbocycles. The van der Waals surface area contributed by atoms with Gasteiger partial charge in [-0.05, 0) is 55.5 Å². The molecule has 32 heavy (non-hydrogen) atoms. The summed E-state index contributed by atoms with van der Waals surface area (Å²) in [7, 11) is 0. The molecular weight excluding hydrogens is 404 g/mol. The second kappa shape index (κ2) is 9.89. The molecule has 1 unspecified atom stereocenters. The quantitative estimate of drug-likeness (QED) is 0.534. The van der Waals surface area contributed by atoms with Crippen LogP contribution in [0.15, 0.2) is 77.9 Å². The van der Waals surface area contributed by atoms with Crippen molar-refractivity contribution in [3.05, 3.63) is 94.7 Å². The van der Waals surface area contributed by atoms with Gasteiger partial charge in [0, 0.05) is 30.2 Å². The Labute approximate surface area is 187 Å². The summed E-state index contributed by atoms with van der Waals surface area (Å²) in [5.41, 5.74) is 2.32. The summed E-state index contributed by atoms with van der Waals surface area (Å²) in [5.74, 6) is -0.275. The lowest BCUT2D eigenvalue weighted by atomic mass is 10.0. The first kappa shape index (κ1) is 21.9. The molecule has 4 rings (SSSR count). The van der Waals surface area contributed by atoms with Crippen molar-refractivity contribution in [3.63, 3.8) is 0 Å². The molecule has 1 aromatic heterocycles. The van der Waals surface area contributed by atoms with Gasteiger partial charge in [-0.3, -0.25) is 9.36 Å². The Morgan fingerprint density at radius 1 is 1.16 bits per heavy atom. The van der Waals surface area contributed by atoms with Crippen molar-refractivity contribution >= 4 is 11.6 Å². The summed E-state index contributed by atoms with van der Waals surface area (Å²) >= 11 is 0. The highest BCUT2D eigenvalue weighted by Gasteiger charge is 2.29. The number of aromatic nitrogens is 2. The highest BCUT2D eigenvalue weighted by Crippen LogP contribution is 2.27. The van der Waals surface area contributed by atoms with Crippen molar-refractivity contribution in [2.24, 2.45) is 0 Å². The van der Waals surface area contributed by atoms with Gasteiger partial charge in [0.2, 0.25) is 5.91 Å². The number of hydrogen-bond donors (Lipinski definition) is 3. The molecule has 166 valence electrons. The van der Waals surface area contributed by atoms with Gasteiger partial charge in [0.1, 0.15) is 6.04 Å². The number of aliphatic hydroxyl groups is 1. The molecule has 2 aromatic carbocycles. The Morgan fingerprint density at radius 3 is 2.62 bits per heavy atom. The predicted octanol–water partition coefficient (Wildman–Crippen LogP) is 2.84. The number of carbonyl (C=O) groups is 1. The molecule has 0 saturated carbocycles. The average molecular weight is 433 g/mol. The Bertz CT molecular complexity index is 1100. The smallest absolute Gasteiger partial charge is 0.348 e. The summed E-state index contributed by atoms with van der Waals surface area (Å²) in [6.45, 7) is 1.67. The van der Waals surface area contributed by atoms with Gasteiger partial charge in [-0.2, -0.15) is 0 Å². The molecule has 4 atom stereocenters. The second-order valence-corrected chi connectivity index (χ2v) is 8.28. The standard InChI is InChI=1S/C25H28N4O3/c1-17(29-15-5-14-26-25(29)32)24(31)28-20-10-8-18(9-11-20)16-21-12-13-22(27-21)23(30)19-6-3-2-4-7-19/h2-11,14-15,17,21-23,27,30H,12-13,16H2,1H3,(H,28,31)/t17?,21-,22+,23+/m0/s1. The summed E-state index contributed by atoms with van der Waals surface area (Å²) in [5, 5.41) is 17.1. The summed E-state index contributed by atoms with van der Waals surface area (Å²) in [4.78, 5) is 28.0. The number of anilines is 1. The number of rotatable bonds is 7. The van der Waals surface area contributed by atoms with E-state index in [1.54, 1.807) is 19.2 Å². The highest BCUT2D eigenvalue weighted by molar-refractivity contribution is 5.93. The maximum atomic E-state index is 12.5. The fourth-order valence-electron chi connectivity index (χ4n) is 4.19. The topological polar surface area (TPSA) is 96.2 Å². The number of benzene rings is 2. The van der Waals surface area contributed by atoms with Crippen LogP contribution in [0.4, 0.5) is 5.69 Å². The van der Waals surface area contributed by atoms with E-state index in [1.165, 1.54) is 10.8 Å². The van der Waals surface area contributed by atoms with Gasteiger partial charge in [0.15, 0.2) is 0 Å². The van der Waals surface area contributed by atoms with Gasteiger partial charge in [-0.1, -0.05) is 42.5 Å². The molecule has 1 aliphatic heterocycles. The third-order valence-electron chi connectivity index (χ3n) is 6.04. The van der Waals surface area contributed by atoms with E-state index in [0.717, 1.165) is 30.4 Å². The van der Waals surface area contributed by atoms with Crippen LogP contribution in [0.5, 0.6) is 0 Å². The normalized spacial score (nSPS) is 19.9. The van der Waals surface area contributed by atoms with Gasteiger partial charge in [0.05, 0.1) is 6.10 Å². The lowest BCUT2D eigenvalue weighted by Gasteiger charge is -2.20. The van der Waals surface area contributed by atoms with Crippen LogP contribution in [0.2, 0.25) is 0 Å². The SMILES string of the molecule is CC(C(=O)Nc1ccc(C[C@@H]2CC[C@H]([C@H](O)c3ccccc3)N2)cc1)n1cccnc1=O. The van der Waals surface area contributed by atoms with Crippen LogP contribution in [0.25, 0.3) is 0 Å².